The monoisotopic (exact) mass is 1590 g/mol. The molecular weight excluding hydrogens is 1410 g/mol. The molecule has 0 aromatic heterocycles. The van der Waals surface area contributed by atoms with Crippen LogP contribution in [-0.4, -0.2) is 96.7 Å². The van der Waals surface area contributed by atoms with Gasteiger partial charge in [0.15, 0.2) is 12.2 Å². The molecule has 0 aromatic carbocycles. The number of ether oxygens (including phenoxy) is 4. The van der Waals surface area contributed by atoms with Gasteiger partial charge in [0.25, 0.3) is 0 Å². The molecule has 0 saturated heterocycles. The van der Waals surface area contributed by atoms with E-state index in [1.54, 1.807) is 0 Å². The summed E-state index contributed by atoms with van der Waals surface area (Å²) in [6, 6.07) is 0. The van der Waals surface area contributed by atoms with Crippen molar-refractivity contribution in [1.82, 2.24) is 0 Å². The molecule has 0 aliphatic heterocycles. The van der Waals surface area contributed by atoms with Crippen molar-refractivity contribution in [2.75, 3.05) is 39.6 Å². The maximum atomic E-state index is 13.2. The fraction of sp³-hybridized carbons (Fsp3) is 0.956. The summed E-state index contributed by atoms with van der Waals surface area (Å²) in [5.74, 6) is 1.13. The maximum absolute atomic E-state index is 13.2. The van der Waals surface area contributed by atoms with Crippen molar-refractivity contribution >= 4 is 39.5 Å². The maximum Gasteiger partial charge on any atom is 0.472 e. The summed E-state index contributed by atoms with van der Waals surface area (Å²) in [7, 11) is -9.94. The normalized spacial score (nSPS) is 14.4. The molecule has 19 heteroatoms. The molecule has 5 unspecified atom stereocenters. The number of phosphoric ester groups is 2. The molecule has 0 fully saturated rings. The van der Waals surface area contributed by atoms with Crippen LogP contribution in [0.5, 0.6) is 0 Å². The van der Waals surface area contributed by atoms with Crippen molar-refractivity contribution < 1.29 is 80.2 Å². The Morgan fingerprint density at radius 2 is 0.440 bits per heavy atom. The Bertz CT molecular complexity index is 2110. The zero-order valence-electron chi connectivity index (χ0n) is 72.2. The fourth-order valence-corrected chi connectivity index (χ4v) is 15.5. The number of esters is 4. The van der Waals surface area contributed by atoms with E-state index >= 15 is 0 Å². The Morgan fingerprint density at radius 1 is 0.257 bits per heavy atom. The number of rotatable bonds is 87. The summed E-state index contributed by atoms with van der Waals surface area (Å²) in [6.45, 7) is 14.4. The molecular formula is C90H176O17P2. The van der Waals surface area contributed by atoms with Gasteiger partial charge in [-0.3, -0.25) is 37.3 Å². The number of carbonyl (C=O) groups is 4. The second-order valence-corrected chi connectivity index (χ2v) is 36.7. The molecule has 0 heterocycles. The molecule has 109 heavy (non-hydrogen) atoms. The van der Waals surface area contributed by atoms with Gasteiger partial charge in [-0.2, -0.15) is 0 Å². The molecule has 0 bridgehead atoms. The van der Waals surface area contributed by atoms with Crippen LogP contribution in [0.25, 0.3) is 0 Å². The topological polar surface area (TPSA) is 237 Å². The van der Waals surface area contributed by atoms with E-state index in [0.29, 0.717) is 31.6 Å². The van der Waals surface area contributed by atoms with Gasteiger partial charge in [-0.05, 0) is 49.4 Å². The molecule has 648 valence electrons. The van der Waals surface area contributed by atoms with Crippen molar-refractivity contribution in [1.29, 1.82) is 0 Å². The molecule has 0 saturated carbocycles. The van der Waals surface area contributed by atoms with E-state index in [1.807, 2.05) is 0 Å². The van der Waals surface area contributed by atoms with Gasteiger partial charge in [0.1, 0.15) is 19.3 Å². The minimum atomic E-state index is -4.97. The van der Waals surface area contributed by atoms with Gasteiger partial charge in [0, 0.05) is 25.7 Å². The standard InChI is InChI=1S/C90H176O17P2/c1-9-82(7)68-60-52-44-36-30-24-18-13-11-12-14-19-27-33-39-47-56-64-72-89(94)106-85(76-100-87(92)70-62-54-46-38-32-26-22-21-25-31-37-45-53-61-69-83(8)10-2)78-104-108(96,97)102-74-84(91)75-103-109(98,99)105-79-86(77-101-88(93)71-63-55-49-41-43-51-59-67-81(5)6)107-90(95)73-65-57-48-40-34-28-20-16-15-17-23-29-35-42-50-58-66-80(3)4/h80-86,91H,9-79H2,1-8H3,(H,96,97)(H,98,99)/t82?,83?,84?,85-,86-/m1/s1. The van der Waals surface area contributed by atoms with Crippen LogP contribution >= 0.6 is 15.6 Å². The summed E-state index contributed by atoms with van der Waals surface area (Å²) >= 11 is 0. The summed E-state index contributed by atoms with van der Waals surface area (Å²) in [5.41, 5.74) is 0. The highest BCUT2D eigenvalue weighted by Crippen LogP contribution is 2.45. The number of unbranched alkanes of at least 4 members (excludes halogenated alkanes) is 51. The van der Waals surface area contributed by atoms with Crippen molar-refractivity contribution in [3.8, 4) is 0 Å². The summed E-state index contributed by atoms with van der Waals surface area (Å²) in [5, 5.41) is 10.7. The summed E-state index contributed by atoms with van der Waals surface area (Å²) in [6.07, 6.45) is 69.5. The Labute approximate surface area is 670 Å². The predicted molar refractivity (Wildman–Crippen MR) is 451 cm³/mol. The molecule has 0 spiro atoms. The molecule has 0 aliphatic rings. The van der Waals surface area contributed by atoms with E-state index in [4.69, 9.17) is 37.0 Å². The lowest BCUT2D eigenvalue weighted by molar-refractivity contribution is -0.161. The van der Waals surface area contributed by atoms with E-state index in [0.717, 1.165) is 114 Å². The Balaban J connectivity index is 5.22. The third-order valence-electron chi connectivity index (χ3n) is 21.8. The number of aliphatic hydroxyl groups excluding tert-OH is 1. The number of phosphoric acid groups is 2. The molecule has 7 atom stereocenters. The average molecular weight is 1590 g/mol. The lowest BCUT2D eigenvalue weighted by Crippen LogP contribution is -2.30. The smallest absolute Gasteiger partial charge is 0.462 e. The highest BCUT2D eigenvalue weighted by Gasteiger charge is 2.31. The van der Waals surface area contributed by atoms with Crippen molar-refractivity contribution in [2.45, 2.75) is 491 Å². The second kappa shape index (κ2) is 78.6. The van der Waals surface area contributed by atoms with Crippen LogP contribution < -0.4 is 0 Å². The predicted octanol–water partition coefficient (Wildman–Crippen LogP) is 27.5. The van der Waals surface area contributed by atoms with E-state index in [-0.39, 0.29) is 25.7 Å². The minimum Gasteiger partial charge on any atom is -0.462 e. The molecule has 0 aromatic rings. The molecule has 3 N–H and O–H groups in total. The largest absolute Gasteiger partial charge is 0.472 e. The summed E-state index contributed by atoms with van der Waals surface area (Å²) < 4.78 is 69.0. The quantitative estimate of drug-likeness (QED) is 0.0222. The number of carbonyl (C=O) groups excluding carboxylic acids is 4. The van der Waals surface area contributed by atoms with Gasteiger partial charge in [0.2, 0.25) is 0 Å². The van der Waals surface area contributed by atoms with Gasteiger partial charge in [0.05, 0.1) is 26.4 Å². The SMILES string of the molecule is CCC(C)CCCCCCCCCCCCCCCCCCCCC(=O)O[C@H](COC(=O)CCCCCCCCCCCCCCCCC(C)CC)COP(=O)(O)OCC(O)COP(=O)(O)OC[C@@H](COC(=O)CCCCCCCCCC(C)C)OC(=O)CCCCCCCCCCCCCCCCCCC(C)C. The van der Waals surface area contributed by atoms with Crippen LogP contribution in [0.4, 0.5) is 0 Å². The number of hydrogen-bond acceptors (Lipinski definition) is 15. The van der Waals surface area contributed by atoms with Gasteiger partial charge < -0.3 is 33.8 Å². The zero-order valence-corrected chi connectivity index (χ0v) is 74.0. The highest BCUT2D eigenvalue weighted by atomic mass is 31.2. The van der Waals surface area contributed by atoms with Crippen molar-refractivity contribution in [2.24, 2.45) is 23.7 Å². The first-order chi connectivity index (χ1) is 52.7. The number of aliphatic hydroxyl groups is 1. The second-order valence-electron chi connectivity index (χ2n) is 33.8. The first-order valence-electron chi connectivity index (χ1n) is 46.3. The first kappa shape index (κ1) is 107. The first-order valence-corrected chi connectivity index (χ1v) is 49.3. The van der Waals surface area contributed by atoms with E-state index in [9.17, 15) is 43.2 Å². The average Bonchev–Trinajstić information content (AvgIpc) is 0.899. The van der Waals surface area contributed by atoms with E-state index in [2.05, 4.69) is 55.4 Å². The van der Waals surface area contributed by atoms with Crippen LogP contribution in [0.3, 0.4) is 0 Å². The minimum absolute atomic E-state index is 0.107. The molecule has 17 nitrogen and oxygen atoms in total. The van der Waals surface area contributed by atoms with Crippen LogP contribution in [0.15, 0.2) is 0 Å². The van der Waals surface area contributed by atoms with E-state index < -0.39 is 97.5 Å². The van der Waals surface area contributed by atoms with E-state index in [1.165, 1.54) is 270 Å². The van der Waals surface area contributed by atoms with Gasteiger partial charge >= 0.3 is 39.5 Å². The van der Waals surface area contributed by atoms with Crippen LogP contribution in [0.1, 0.15) is 473 Å². The Kier molecular flexibility index (Phi) is 77.2. The highest BCUT2D eigenvalue weighted by molar-refractivity contribution is 7.47. The van der Waals surface area contributed by atoms with Crippen LogP contribution in [0.2, 0.25) is 0 Å². The van der Waals surface area contributed by atoms with Crippen LogP contribution in [0, 0.1) is 23.7 Å². The van der Waals surface area contributed by atoms with Gasteiger partial charge in [-0.15, -0.1) is 0 Å². The number of hydrogen-bond donors (Lipinski definition) is 3. The van der Waals surface area contributed by atoms with Gasteiger partial charge in [-0.1, -0.05) is 421 Å². The summed E-state index contributed by atoms with van der Waals surface area (Å²) in [4.78, 5) is 73.3. The van der Waals surface area contributed by atoms with Gasteiger partial charge in [-0.25, -0.2) is 9.13 Å². The Hall–Kier alpha value is -1.94. The fourth-order valence-electron chi connectivity index (χ4n) is 14.0. The Morgan fingerprint density at radius 3 is 0.651 bits per heavy atom. The third kappa shape index (κ3) is 81.0. The molecule has 0 aliphatic carbocycles. The lowest BCUT2D eigenvalue weighted by Gasteiger charge is -2.21. The third-order valence-corrected chi connectivity index (χ3v) is 23.7. The lowest BCUT2D eigenvalue weighted by atomic mass is 9.99. The zero-order chi connectivity index (χ0) is 80.2. The molecule has 0 radical (unpaired) electrons. The molecule has 0 amide bonds. The van der Waals surface area contributed by atoms with Crippen molar-refractivity contribution in [3.05, 3.63) is 0 Å². The van der Waals surface area contributed by atoms with Crippen molar-refractivity contribution in [3.63, 3.8) is 0 Å². The van der Waals surface area contributed by atoms with Crippen LogP contribution in [-0.2, 0) is 65.4 Å². The molecule has 0 rings (SSSR count).